The number of hydrogen-bond acceptors (Lipinski definition) is 2. The molecule has 1 N–H and O–H groups in total. The monoisotopic (exact) mass is 498 g/mol. The van der Waals surface area contributed by atoms with Crippen molar-refractivity contribution in [3.8, 4) is 5.75 Å². The van der Waals surface area contributed by atoms with E-state index in [4.69, 9.17) is 28.6 Å². The number of fused-ring (bicyclic) bond motifs is 3. The van der Waals surface area contributed by atoms with Gasteiger partial charge in [-0.25, -0.2) is 0 Å². The molecule has 1 atom stereocenters. The van der Waals surface area contributed by atoms with Crippen LogP contribution < -0.4 is 4.74 Å². The Morgan fingerprint density at radius 1 is 1.10 bits per heavy atom. The first-order chi connectivity index (χ1) is 14.6. The molecule has 1 unspecified atom stereocenters. The highest BCUT2D eigenvalue weighted by atomic mass is 79.9. The number of para-hydroxylation sites is 1. The summed E-state index contributed by atoms with van der Waals surface area (Å²) in [7, 11) is 0. The highest BCUT2D eigenvalue weighted by Crippen LogP contribution is 2.39. The van der Waals surface area contributed by atoms with Gasteiger partial charge in [0, 0.05) is 34.1 Å². The number of ether oxygens (including phenoxy) is 1. The predicted molar refractivity (Wildman–Crippen MR) is 131 cm³/mol. The van der Waals surface area contributed by atoms with Gasteiger partial charge < -0.3 is 14.6 Å². The van der Waals surface area contributed by atoms with E-state index in [-0.39, 0.29) is 7.47 Å². The van der Waals surface area contributed by atoms with Gasteiger partial charge in [0.25, 0.3) is 5.17 Å². The molecule has 0 amide bonds. The van der Waals surface area contributed by atoms with Crippen molar-refractivity contribution < 1.29 is 6.16 Å². The molecule has 0 saturated carbocycles. The number of nitrogens with zero attached hydrogens (tertiary/aromatic N) is 1. The Hall–Kier alpha value is -2.34. The number of thiocarbonyl (C=S) groups is 1. The quantitative estimate of drug-likeness (QED) is 0.297. The number of halogens is 2. The van der Waals surface area contributed by atoms with Gasteiger partial charge in [-0.05, 0) is 72.2 Å². The zero-order chi connectivity index (χ0) is 20.7. The lowest BCUT2D eigenvalue weighted by atomic mass is 9.93. The molecule has 0 radical (unpaired) electrons. The van der Waals surface area contributed by atoms with Crippen molar-refractivity contribution in [2.75, 3.05) is 6.54 Å². The van der Waals surface area contributed by atoms with Crippen molar-refractivity contribution in [1.29, 1.82) is 0 Å². The van der Waals surface area contributed by atoms with Gasteiger partial charge in [-0.15, -0.1) is 0 Å². The maximum absolute atomic E-state index is 6.29. The van der Waals surface area contributed by atoms with Gasteiger partial charge in [0.1, 0.15) is 5.75 Å². The van der Waals surface area contributed by atoms with Crippen LogP contribution in [0.5, 0.6) is 5.75 Å². The second kappa shape index (κ2) is 8.06. The van der Waals surface area contributed by atoms with Crippen LogP contribution in [0.4, 0.5) is 0 Å². The van der Waals surface area contributed by atoms with Crippen LogP contribution in [0.3, 0.4) is 0 Å². The first-order valence-electron chi connectivity index (χ1n) is 9.69. The summed E-state index contributed by atoms with van der Waals surface area (Å²) in [5.41, 5.74) is 4.66. The van der Waals surface area contributed by atoms with Gasteiger partial charge in [0.15, 0.2) is 0 Å². The highest BCUT2D eigenvalue weighted by Gasteiger charge is 2.34. The number of rotatable bonds is 2. The Labute approximate surface area is 195 Å². The molecule has 0 saturated heterocycles. The van der Waals surface area contributed by atoms with Crippen LogP contribution in [0.2, 0.25) is 5.02 Å². The second-order valence-electron chi connectivity index (χ2n) is 7.29. The highest BCUT2D eigenvalue weighted by molar-refractivity contribution is 9.10. The van der Waals surface area contributed by atoms with E-state index >= 15 is 0 Å². The zero-order valence-corrected chi connectivity index (χ0v) is 19.1. The van der Waals surface area contributed by atoms with Crippen molar-refractivity contribution in [3.63, 3.8) is 0 Å². The molecule has 3 nitrogen and oxygen atoms in total. The standard InChI is InChI=1S/C24H18BrClN2OS.H2/c25-16-8-6-15(7-9-16)23-22-19(20-14-17(26)10-11-21(20)27-22)12-13-28(23)24(30)29-18-4-2-1-3-5-18;/h1-11,14,23,27H,12-13H2;1H. The summed E-state index contributed by atoms with van der Waals surface area (Å²) < 4.78 is 7.09. The van der Waals surface area contributed by atoms with Crippen LogP contribution in [0.25, 0.3) is 10.9 Å². The van der Waals surface area contributed by atoms with Gasteiger partial charge in [0.2, 0.25) is 0 Å². The maximum atomic E-state index is 6.29. The largest absolute Gasteiger partial charge is 0.432 e. The lowest BCUT2D eigenvalue weighted by molar-refractivity contribution is 0.289. The lowest BCUT2D eigenvalue weighted by Gasteiger charge is -2.37. The first-order valence-corrected chi connectivity index (χ1v) is 11.3. The van der Waals surface area contributed by atoms with E-state index in [0.29, 0.717) is 5.17 Å². The number of nitrogens with one attached hydrogen (secondary N) is 1. The van der Waals surface area contributed by atoms with E-state index in [0.717, 1.165) is 45.0 Å². The lowest BCUT2D eigenvalue weighted by Crippen LogP contribution is -2.42. The minimum atomic E-state index is -0.0655. The Morgan fingerprint density at radius 2 is 1.87 bits per heavy atom. The molecule has 1 aromatic heterocycles. The molecule has 2 heterocycles. The molecule has 6 heteroatoms. The summed E-state index contributed by atoms with van der Waals surface area (Å²) in [6.45, 7) is 0.763. The van der Waals surface area contributed by atoms with Crippen molar-refractivity contribution in [2.24, 2.45) is 0 Å². The molecule has 0 bridgehead atoms. The molecule has 3 aromatic carbocycles. The summed E-state index contributed by atoms with van der Waals surface area (Å²) in [6, 6.07) is 24.0. The summed E-state index contributed by atoms with van der Waals surface area (Å²) in [5, 5.41) is 2.39. The minimum Gasteiger partial charge on any atom is -0.432 e. The summed E-state index contributed by atoms with van der Waals surface area (Å²) in [4.78, 5) is 5.79. The Morgan fingerprint density at radius 3 is 2.63 bits per heavy atom. The van der Waals surface area contributed by atoms with E-state index in [1.807, 2.05) is 48.5 Å². The third kappa shape index (κ3) is 3.62. The fraction of sp³-hybridized carbons (Fsp3) is 0.125. The molecular weight excluding hydrogens is 480 g/mol. The SMILES string of the molecule is S=C(Oc1ccccc1)N1CCc2c([nH]c3ccc(Cl)cc23)C1c1ccc(Br)cc1.[HH]. The summed E-state index contributed by atoms with van der Waals surface area (Å²) in [6.07, 6.45) is 0.862. The Kier molecular flexibility index (Phi) is 5.27. The predicted octanol–water partition coefficient (Wildman–Crippen LogP) is 7.14. The van der Waals surface area contributed by atoms with Crippen molar-refractivity contribution in [3.05, 3.63) is 99.1 Å². The number of benzene rings is 3. The van der Waals surface area contributed by atoms with E-state index in [1.165, 1.54) is 10.9 Å². The van der Waals surface area contributed by atoms with Crippen LogP contribution in [0, 0.1) is 0 Å². The molecule has 4 aromatic rings. The number of H-pyrrole nitrogens is 1. The van der Waals surface area contributed by atoms with E-state index in [2.05, 4.69) is 50.1 Å². The van der Waals surface area contributed by atoms with E-state index in [1.54, 1.807) is 0 Å². The molecule has 1 aliphatic heterocycles. The van der Waals surface area contributed by atoms with Gasteiger partial charge in [0.05, 0.1) is 6.04 Å². The number of hydrogen-bond donors (Lipinski definition) is 1. The van der Waals surface area contributed by atoms with Crippen molar-refractivity contribution >= 4 is 55.8 Å². The molecule has 0 aliphatic carbocycles. The summed E-state index contributed by atoms with van der Waals surface area (Å²) in [5.74, 6) is 0.742. The van der Waals surface area contributed by atoms with Gasteiger partial charge >= 0.3 is 0 Å². The average molecular weight is 500 g/mol. The van der Waals surface area contributed by atoms with Gasteiger partial charge in [-0.1, -0.05) is 57.9 Å². The van der Waals surface area contributed by atoms with E-state index in [9.17, 15) is 0 Å². The normalized spacial score (nSPS) is 15.8. The fourth-order valence-corrected chi connectivity index (χ4v) is 4.83. The van der Waals surface area contributed by atoms with Gasteiger partial charge in [-0.3, -0.25) is 0 Å². The third-order valence-electron chi connectivity index (χ3n) is 5.46. The van der Waals surface area contributed by atoms with Crippen LogP contribution in [0.15, 0.2) is 77.3 Å². The average Bonchev–Trinajstić information content (AvgIpc) is 3.12. The Bertz CT molecular complexity index is 1230. The molecule has 0 fully saturated rings. The van der Waals surface area contributed by atoms with Crippen molar-refractivity contribution in [1.82, 2.24) is 9.88 Å². The smallest absolute Gasteiger partial charge is 0.265 e. The zero-order valence-electron chi connectivity index (χ0n) is 15.9. The minimum absolute atomic E-state index is 0. The molecule has 152 valence electrons. The van der Waals surface area contributed by atoms with Crippen LogP contribution in [0.1, 0.15) is 24.3 Å². The third-order valence-corrected chi connectivity index (χ3v) is 6.54. The maximum Gasteiger partial charge on any atom is 0.265 e. The van der Waals surface area contributed by atoms with Crippen LogP contribution in [-0.2, 0) is 6.42 Å². The Balaban J connectivity index is 0.00000231. The first kappa shape index (κ1) is 19.6. The molecule has 0 spiro atoms. The number of aromatic amines is 1. The van der Waals surface area contributed by atoms with Crippen molar-refractivity contribution in [2.45, 2.75) is 12.5 Å². The van der Waals surface area contributed by atoms with Crippen LogP contribution in [-0.4, -0.2) is 21.6 Å². The second-order valence-corrected chi connectivity index (χ2v) is 8.99. The molecule has 30 heavy (non-hydrogen) atoms. The van der Waals surface area contributed by atoms with E-state index < -0.39 is 0 Å². The number of aromatic nitrogens is 1. The molecule has 1 aliphatic rings. The topological polar surface area (TPSA) is 28.3 Å². The summed E-state index contributed by atoms with van der Waals surface area (Å²) >= 11 is 15.6. The van der Waals surface area contributed by atoms with Gasteiger partial charge in [-0.2, -0.15) is 0 Å². The fourth-order valence-electron chi connectivity index (χ4n) is 4.10. The molecular formula is C24H20BrClN2OS. The van der Waals surface area contributed by atoms with Crippen LogP contribution >= 0.6 is 39.7 Å². The molecule has 5 rings (SSSR count).